The second-order valence-corrected chi connectivity index (χ2v) is 4.76. The first-order chi connectivity index (χ1) is 10.6. The Kier molecular flexibility index (Phi) is 5.02. The molecular formula is C15H16N4O3. The summed E-state index contributed by atoms with van der Waals surface area (Å²) < 4.78 is 0. The third-order valence-corrected chi connectivity index (χ3v) is 3.36. The zero-order valence-corrected chi connectivity index (χ0v) is 11.8. The number of hydrogen-bond acceptors (Lipinski definition) is 5. The molecule has 2 aromatic rings. The topological polar surface area (TPSA) is 118 Å². The van der Waals surface area contributed by atoms with Crippen LogP contribution in [0.2, 0.25) is 0 Å². The Bertz CT molecular complexity index is 641. The van der Waals surface area contributed by atoms with Gasteiger partial charge < -0.3 is 16.2 Å². The lowest BCUT2D eigenvalue weighted by Crippen LogP contribution is -2.13. The minimum atomic E-state index is -0.250. The molecule has 1 aromatic carbocycles. The van der Waals surface area contributed by atoms with Gasteiger partial charge in [-0.1, -0.05) is 24.3 Å². The van der Waals surface area contributed by atoms with Gasteiger partial charge in [-0.05, 0) is 11.1 Å². The van der Waals surface area contributed by atoms with Crippen molar-refractivity contribution in [1.29, 1.82) is 0 Å². The second-order valence-electron chi connectivity index (χ2n) is 4.76. The van der Waals surface area contributed by atoms with Gasteiger partial charge >= 0.3 is 0 Å². The molecule has 1 aliphatic heterocycles. The molecule has 22 heavy (non-hydrogen) atoms. The second kappa shape index (κ2) is 7.16. The number of aromatic nitrogens is 2. The maximum absolute atomic E-state index is 11.2. The molecule has 1 amide bonds. The highest BCUT2D eigenvalue weighted by atomic mass is 16.3. The van der Waals surface area contributed by atoms with Gasteiger partial charge in [-0.15, -0.1) is 0 Å². The maximum atomic E-state index is 11.2. The van der Waals surface area contributed by atoms with Gasteiger partial charge in [-0.2, -0.15) is 0 Å². The Hall–Kier alpha value is -2.96. The molecule has 1 aromatic heterocycles. The van der Waals surface area contributed by atoms with Crippen molar-refractivity contribution in [3.63, 3.8) is 0 Å². The molecule has 1 saturated heterocycles. The molecule has 3 rings (SSSR count). The molecule has 1 fully saturated rings. The molecule has 7 heteroatoms. The molecule has 0 saturated carbocycles. The van der Waals surface area contributed by atoms with E-state index < -0.39 is 0 Å². The lowest BCUT2D eigenvalue weighted by atomic mass is 9.96. The summed E-state index contributed by atoms with van der Waals surface area (Å²) in [6, 6.07) is 8.15. The van der Waals surface area contributed by atoms with Crippen LogP contribution in [0.1, 0.15) is 17.9 Å². The van der Waals surface area contributed by atoms with Crippen molar-refractivity contribution in [2.45, 2.75) is 12.3 Å². The third-order valence-electron chi connectivity index (χ3n) is 3.36. The monoisotopic (exact) mass is 300 g/mol. The van der Waals surface area contributed by atoms with Gasteiger partial charge in [-0.25, -0.2) is 9.97 Å². The molecule has 2 heterocycles. The van der Waals surface area contributed by atoms with Crippen molar-refractivity contribution in [3.8, 4) is 11.1 Å². The van der Waals surface area contributed by atoms with E-state index in [1.807, 2.05) is 12.1 Å². The number of carbonyl (C=O) groups excluding carboxylic acids is 1. The van der Waals surface area contributed by atoms with Crippen LogP contribution in [0.25, 0.3) is 11.1 Å². The number of nitrogen functional groups attached to an aromatic ring is 1. The maximum Gasteiger partial charge on any atom is 0.290 e. The highest BCUT2D eigenvalue weighted by Gasteiger charge is 2.22. The molecule has 114 valence electrons. The van der Waals surface area contributed by atoms with Crippen LogP contribution in [0.15, 0.2) is 36.7 Å². The quantitative estimate of drug-likeness (QED) is 0.713. The largest absolute Gasteiger partial charge is 0.483 e. The van der Waals surface area contributed by atoms with E-state index in [4.69, 9.17) is 15.6 Å². The molecule has 1 aliphatic rings. The normalized spacial score (nSPS) is 16.4. The van der Waals surface area contributed by atoms with Gasteiger partial charge in [0, 0.05) is 36.8 Å². The van der Waals surface area contributed by atoms with E-state index >= 15 is 0 Å². The van der Waals surface area contributed by atoms with Crippen LogP contribution in [0.5, 0.6) is 0 Å². The summed E-state index contributed by atoms with van der Waals surface area (Å²) in [6.07, 6.45) is 3.99. The number of carboxylic acid groups (broad SMARTS) is 1. The standard InChI is InChI=1S/C14H14N4O.CH2O2/c15-14-17-7-12(8-18-14)10-3-1-9(2-4-10)11-5-13(19)16-6-11;2-1-3/h1-4,7-8,11H,5-6H2,(H,16,19)(H2,15,17,18);1H,(H,2,3). The summed E-state index contributed by atoms with van der Waals surface area (Å²) in [5.41, 5.74) is 8.62. The van der Waals surface area contributed by atoms with Gasteiger partial charge in [-0.3, -0.25) is 9.59 Å². The van der Waals surface area contributed by atoms with Crippen molar-refractivity contribution >= 4 is 18.3 Å². The summed E-state index contributed by atoms with van der Waals surface area (Å²) in [5, 5.41) is 9.74. The van der Waals surface area contributed by atoms with E-state index in [-0.39, 0.29) is 24.2 Å². The first-order valence-electron chi connectivity index (χ1n) is 6.66. The highest BCUT2D eigenvalue weighted by molar-refractivity contribution is 5.79. The van der Waals surface area contributed by atoms with Gasteiger partial charge in [0.2, 0.25) is 11.9 Å². The lowest BCUT2D eigenvalue weighted by Gasteiger charge is -2.08. The van der Waals surface area contributed by atoms with Crippen LogP contribution in [-0.2, 0) is 9.59 Å². The summed E-state index contributed by atoms with van der Waals surface area (Å²) in [4.78, 5) is 27.5. The first-order valence-corrected chi connectivity index (χ1v) is 6.66. The van der Waals surface area contributed by atoms with Crippen LogP contribution in [0.3, 0.4) is 0 Å². The lowest BCUT2D eigenvalue weighted by molar-refractivity contribution is -0.123. The van der Waals surface area contributed by atoms with E-state index in [1.54, 1.807) is 12.4 Å². The first kappa shape index (κ1) is 15.4. The number of anilines is 1. The molecule has 0 aliphatic carbocycles. The van der Waals surface area contributed by atoms with Crippen LogP contribution < -0.4 is 11.1 Å². The van der Waals surface area contributed by atoms with Gasteiger partial charge in [0.15, 0.2) is 0 Å². The van der Waals surface area contributed by atoms with Crippen LogP contribution in [0, 0.1) is 0 Å². The van der Waals surface area contributed by atoms with Gasteiger partial charge in [0.1, 0.15) is 0 Å². The molecule has 4 N–H and O–H groups in total. The number of nitrogens with zero attached hydrogens (tertiary/aromatic N) is 2. The Labute approximate surface area is 127 Å². The minimum absolute atomic E-state index is 0.126. The minimum Gasteiger partial charge on any atom is -0.483 e. The summed E-state index contributed by atoms with van der Waals surface area (Å²) >= 11 is 0. The van der Waals surface area contributed by atoms with E-state index in [1.165, 1.54) is 5.56 Å². The Morgan fingerprint density at radius 3 is 2.27 bits per heavy atom. The number of amides is 1. The van der Waals surface area contributed by atoms with E-state index in [0.29, 0.717) is 6.42 Å². The fraction of sp³-hybridized carbons (Fsp3) is 0.200. The fourth-order valence-corrected chi connectivity index (χ4v) is 2.28. The zero-order valence-electron chi connectivity index (χ0n) is 11.8. The number of nitrogens with two attached hydrogens (primary N) is 1. The molecular weight excluding hydrogens is 284 g/mol. The van der Waals surface area contributed by atoms with Crippen molar-refractivity contribution < 1.29 is 14.7 Å². The molecule has 1 unspecified atom stereocenters. The van der Waals surface area contributed by atoms with Gasteiger partial charge in [0.05, 0.1) is 0 Å². The average Bonchev–Trinajstić information content (AvgIpc) is 2.96. The highest BCUT2D eigenvalue weighted by Crippen LogP contribution is 2.26. The fourth-order valence-electron chi connectivity index (χ4n) is 2.28. The van der Waals surface area contributed by atoms with Crippen LogP contribution >= 0.6 is 0 Å². The van der Waals surface area contributed by atoms with Gasteiger partial charge in [0.25, 0.3) is 6.47 Å². The van der Waals surface area contributed by atoms with E-state index in [0.717, 1.165) is 17.7 Å². The van der Waals surface area contributed by atoms with Crippen molar-refractivity contribution in [1.82, 2.24) is 15.3 Å². The van der Waals surface area contributed by atoms with Crippen LogP contribution in [-0.4, -0.2) is 34.0 Å². The summed E-state index contributed by atoms with van der Waals surface area (Å²) in [6.45, 7) is 0.475. The SMILES string of the molecule is Nc1ncc(-c2ccc(C3CNC(=O)C3)cc2)cn1.O=CO. The summed E-state index contributed by atoms with van der Waals surface area (Å²) in [7, 11) is 0. The molecule has 0 radical (unpaired) electrons. The molecule has 1 atom stereocenters. The van der Waals surface area contributed by atoms with Crippen molar-refractivity contribution in [2.24, 2.45) is 0 Å². The smallest absolute Gasteiger partial charge is 0.290 e. The average molecular weight is 300 g/mol. The molecule has 0 spiro atoms. The zero-order chi connectivity index (χ0) is 15.9. The number of rotatable bonds is 2. The number of carbonyl (C=O) groups is 2. The van der Waals surface area contributed by atoms with E-state index in [2.05, 4.69) is 27.4 Å². The predicted octanol–water partition coefficient (Wildman–Crippen LogP) is 1.03. The Morgan fingerprint density at radius 2 is 1.77 bits per heavy atom. The van der Waals surface area contributed by atoms with E-state index in [9.17, 15) is 4.79 Å². The Balaban J connectivity index is 0.000000545. The van der Waals surface area contributed by atoms with Crippen LogP contribution in [0.4, 0.5) is 5.95 Å². The third kappa shape index (κ3) is 3.78. The molecule has 7 nitrogen and oxygen atoms in total. The predicted molar refractivity (Wildman–Crippen MR) is 80.9 cm³/mol. The van der Waals surface area contributed by atoms with Crippen molar-refractivity contribution in [3.05, 3.63) is 42.2 Å². The number of benzene rings is 1. The van der Waals surface area contributed by atoms with Crippen molar-refractivity contribution in [2.75, 3.05) is 12.3 Å². The molecule has 0 bridgehead atoms. The number of hydrogen-bond donors (Lipinski definition) is 3. The Morgan fingerprint density at radius 1 is 1.18 bits per heavy atom. The number of nitrogens with one attached hydrogen (secondary N) is 1. The summed E-state index contributed by atoms with van der Waals surface area (Å²) in [5.74, 6) is 0.682.